The molecule has 5 aromatic rings. The lowest BCUT2D eigenvalue weighted by Crippen LogP contribution is -2.17. The molecule has 2 aromatic heterocycles. The summed E-state index contributed by atoms with van der Waals surface area (Å²) in [6.07, 6.45) is 1.64. The van der Waals surface area contributed by atoms with Crippen LogP contribution in [-0.4, -0.2) is 34.3 Å². The zero-order chi connectivity index (χ0) is 29.1. The van der Waals surface area contributed by atoms with Gasteiger partial charge >= 0.3 is 5.97 Å². The number of hydrazone groups is 1. The molecule has 1 N–H and O–H groups in total. The maximum absolute atomic E-state index is 12.9. The Bertz CT molecular complexity index is 1760. The Labute approximate surface area is 239 Å². The molecule has 2 heterocycles. The summed E-state index contributed by atoms with van der Waals surface area (Å²) < 4.78 is 9.13. The quantitative estimate of drug-likeness (QED) is 0.140. The van der Waals surface area contributed by atoms with Gasteiger partial charge in [0.1, 0.15) is 0 Å². The number of hydrogen-bond acceptors (Lipinski definition) is 4. The lowest BCUT2D eigenvalue weighted by Gasteiger charge is -2.14. The molecule has 0 radical (unpaired) electrons. The zero-order valence-corrected chi connectivity index (χ0v) is 23.8. The van der Waals surface area contributed by atoms with Crippen molar-refractivity contribution in [3.8, 4) is 22.6 Å². The van der Waals surface area contributed by atoms with E-state index in [9.17, 15) is 9.59 Å². The fourth-order valence-electron chi connectivity index (χ4n) is 5.09. The first-order valence-electron chi connectivity index (χ1n) is 13.3. The average molecular weight is 545 g/mol. The van der Waals surface area contributed by atoms with E-state index in [-0.39, 0.29) is 11.9 Å². The third-order valence-corrected chi connectivity index (χ3v) is 7.24. The summed E-state index contributed by atoms with van der Waals surface area (Å²) in [7, 11) is 1.37. The highest BCUT2D eigenvalue weighted by atomic mass is 16.5. The summed E-state index contributed by atoms with van der Waals surface area (Å²) in [5.74, 6) is -0.679. The van der Waals surface area contributed by atoms with Crippen LogP contribution in [0.5, 0.6) is 0 Å². The summed E-state index contributed by atoms with van der Waals surface area (Å²) in [6.45, 7) is 8.03. The molecule has 206 valence electrons. The highest BCUT2D eigenvalue weighted by Crippen LogP contribution is 2.27. The second kappa shape index (κ2) is 11.5. The maximum Gasteiger partial charge on any atom is 0.337 e. The van der Waals surface area contributed by atoms with Gasteiger partial charge in [-0.05, 0) is 93.4 Å². The van der Waals surface area contributed by atoms with E-state index in [1.807, 2.05) is 69.3 Å². The number of benzene rings is 3. The number of ether oxygens (including phenoxy) is 1. The van der Waals surface area contributed by atoms with E-state index in [0.29, 0.717) is 11.1 Å². The minimum Gasteiger partial charge on any atom is -0.465 e. The molecule has 1 amide bonds. The highest BCUT2D eigenvalue weighted by Gasteiger charge is 2.15. The predicted molar refractivity (Wildman–Crippen MR) is 162 cm³/mol. The van der Waals surface area contributed by atoms with E-state index in [1.165, 1.54) is 7.11 Å². The average Bonchev–Trinajstić information content (AvgIpc) is 3.51. The van der Waals surface area contributed by atoms with E-state index in [4.69, 9.17) is 4.74 Å². The second-order valence-corrected chi connectivity index (χ2v) is 9.96. The number of aryl methyl sites for hydroxylation is 3. The number of rotatable bonds is 7. The van der Waals surface area contributed by atoms with E-state index in [2.05, 4.69) is 50.9 Å². The fraction of sp³-hybridized carbons (Fsp3) is 0.147. The third-order valence-electron chi connectivity index (χ3n) is 7.24. The first kappa shape index (κ1) is 27.4. The monoisotopic (exact) mass is 544 g/mol. The van der Waals surface area contributed by atoms with E-state index in [1.54, 1.807) is 24.4 Å². The fourth-order valence-corrected chi connectivity index (χ4v) is 5.09. The Balaban J connectivity index is 1.32. The van der Waals surface area contributed by atoms with Crippen molar-refractivity contribution >= 4 is 18.1 Å². The Kier molecular flexibility index (Phi) is 7.70. The molecule has 41 heavy (non-hydrogen) atoms. The predicted octanol–water partition coefficient (Wildman–Crippen LogP) is 6.72. The van der Waals surface area contributed by atoms with Crippen LogP contribution in [0, 0.1) is 27.7 Å². The van der Waals surface area contributed by atoms with E-state index >= 15 is 0 Å². The SMILES string of the molecule is COC(=O)c1ccc(C)c(-n2c(C)cc(/C=N/NC(=O)c3ccc(-n4c(C)ccc4-c4ccccc4)cc3)c2C)c1. The Morgan fingerprint density at radius 2 is 1.49 bits per heavy atom. The smallest absolute Gasteiger partial charge is 0.337 e. The molecule has 0 fully saturated rings. The molecule has 0 saturated heterocycles. The molecular formula is C34H32N4O3. The first-order valence-corrected chi connectivity index (χ1v) is 13.3. The van der Waals surface area contributed by atoms with Crippen molar-refractivity contribution in [2.45, 2.75) is 27.7 Å². The van der Waals surface area contributed by atoms with Crippen LogP contribution in [0.15, 0.2) is 96.1 Å². The molecule has 3 aromatic carbocycles. The van der Waals surface area contributed by atoms with Crippen molar-refractivity contribution in [3.63, 3.8) is 0 Å². The van der Waals surface area contributed by atoms with Gasteiger partial charge in [-0.15, -0.1) is 0 Å². The molecule has 0 aliphatic carbocycles. The standard InChI is InChI=1S/C34H32N4O3/c1-22-11-13-28(34(40)41-5)20-32(22)37-24(3)19-29(25(37)4)21-35-36-33(39)27-14-16-30(17-15-27)38-23(2)12-18-31(38)26-9-7-6-8-10-26/h6-21H,1-5H3,(H,36,39)/b35-21+. The molecule has 0 aliphatic heterocycles. The molecule has 0 bridgehead atoms. The van der Waals surface area contributed by atoms with Gasteiger partial charge in [0.25, 0.3) is 5.91 Å². The molecule has 0 saturated carbocycles. The Morgan fingerprint density at radius 1 is 0.780 bits per heavy atom. The van der Waals surface area contributed by atoms with Gasteiger partial charge in [-0.2, -0.15) is 5.10 Å². The second-order valence-electron chi connectivity index (χ2n) is 9.96. The van der Waals surface area contributed by atoms with Crippen molar-refractivity contribution < 1.29 is 14.3 Å². The number of aromatic nitrogens is 2. The summed E-state index contributed by atoms with van der Waals surface area (Å²) in [4.78, 5) is 24.9. The number of nitrogens with one attached hydrogen (secondary N) is 1. The van der Waals surface area contributed by atoms with Crippen LogP contribution in [0.4, 0.5) is 0 Å². The number of carbonyl (C=O) groups excluding carboxylic acids is 2. The molecular weight excluding hydrogens is 512 g/mol. The first-order chi connectivity index (χ1) is 19.8. The molecule has 0 atom stereocenters. The van der Waals surface area contributed by atoms with Crippen LogP contribution >= 0.6 is 0 Å². The normalized spacial score (nSPS) is 11.1. The molecule has 5 rings (SSSR count). The summed E-state index contributed by atoms with van der Waals surface area (Å²) in [5.41, 5.74) is 12.6. The molecule has 0 unspecified atom stereocenters. The van der Waals surface area contributed by atoms with Crippen molar-refractivity contribution in [2.75, 3.05) is 7.11 Å². The minimum absolute atomic E-state index is 0.296. The van der Waals surface area contributed by atoms with Crippen molar-refractivity contribution in [1.29, 1.82) is 0 Å². The lowest BCUT2D eigenvalue weighted by molar-refractivity contribution is 0.0600. The topological polar surface area (TPSA) is 77.6 Å². The minimum atomic E-state index is -0.383. The largest absolute Gasteiger partial charge is 0.465 e. The Morgan fingerprint density at radius 3 is 2.20 bits per heavy atom. The van der Waals surface area contributed by atoms with Crippen molar-refractivity contribution in [1.82, 2.24) is 14.6 Å². The Hall–Kier alpha value is -5.17. The third kappa shape index (κ3) is 5.47. The van der Waals surface area contributed by atoms with Gasteiger partial charge in [-0.25, -0.2) is 10.2 Å². The van der Waals surface area contributed by atoms with Gasteiger partial charge in [0, 0.05) is 39.6 Å². The number of esters is 1. The number of carbonyl (C=O) groups is 2. The maximum atomic E-state index is 12.9. The lowest BCUT2D eigenvalue weighted by atomic mass is 10.1. The number of hydrogen-bond donors (Lipinski definition) is 1. The molecule has 7 nitrogen and oxygen atoms in total. The summed E-state index contributed by atoms with van der Waals surface area (Å²) >= 11 is 0. The van der Waals surface area contributed by atoms with E-state index < -0.39 is 0 Å². The van der Waals surface area contributed by atoms with Gasteiger partial charge < -0.3 is 13.9 Å². The van der Waals surface area contributed by atoms with Crippen molar-refractivity contribution in [2.24, 2.45) is 5.10 Å². The van der Waals surface area contributed by atoms with Crippen LogP contribution in [0.2, 0.25) is 0 Å². The zero-order valence-electron chi connectivity index (χ0n) is 23.8. The summed E-state index contributed by atoms with van der Waals surface area (Å²) in [5, 5.41) is 4.23. The number of methoxy groups -OCH3 is 1. The van der Waals surface area contributed by atoms with Crippen LogP contribution < -0.4 is 5.43 Å². The number of nitrogens with zero attached hydrogens (tertiary/aromatic N) is 3. The highest BCUT2D eigenvalue weighted by molar-refractivity contribution is 5.95. The van der Waals surface area contributed by atoms with Gasteiger partial charge in [0.05, 0.1) is 24.6 Å². The van der Waals surface area contributed by atoms with Crippen LogP contribution in [0.3, 0.4) is 0 Å². The van der Waals surface area contributed by atoms with Gasteiger partial charge in [-0.1, -0.05) is 36.4 Å². The molecule has 7 heteroatoms. The molecule has 0 spiro atoms. The van der Waals surface area contributed by atoms with Crippen molar-refractivity contribution in [3.05, 3.63) is 130 Å². The summed E-state index contributed by atoms with van der Waals surface area (Å²) in [6, 6.07) is 29.4. The van der Waals surface area contributed by atoms with Crippen LogP contribution in [0.1, 0.15) is 48.9 Å². The van der Waals surface area contributed by atoms with Gasteiger partial charge in [-0.3, -0.25) is 4.79 Å². The van der Waals surface area contributed by atoms with Crippen LogP contribution in [0.25, 0.3) is 22.6 Å². The molecule has 0 aliphatic rings. The van der Waals surface area contributed by atoms with E-state index in [0.717, 1.165) is 50.8 Å². The van der Waals surface area contributed by atoms with Crippen LogP contribution in [-0.2, 0) is 4.74 Å². The number of amides is 1. The van der Waals surface area contributed by atoms with Gasteiger partial charge in [0.15, 0.2) is 0 Å². The van der Waals surface area contributed by atoms with Gasteiger partial charge in [0.2, 0.25) is 0 Å².